The molecule has 0 aliphatic carbocycles. The van der Waals surface area contributed by atoms with Gasteiger partial charge in [0, 0.05) is 31.6 Å². The van der Waals surface area contributed by atoms with Gasteiger partial charge in [-0.3, -0.25) is 14.9 Å². The van der Waals surface area contributed by atoms with Crippen molar-refractivity contribution in [3.05, 3.63) is 64.2 Å². The molecule has 2 aromatic rings. The van der Waals surface area contributed by atoms with Crippen molar-refractivity contribution in [2.75, 3.05) is 23.3 Å². The Hall–Kier alpha value is -2.93. The van der Waals surface area contributed by atoms with Crippen LogP contribution in [0.5, 0.6) is 0 Å². The van der Waals surface area contributed by atoms with Gasteiger partial charge in [-0.15, -0.1) is 0 Å². The number of carbonyl (C=O) groups is 1. The molecule has 1 unspecified atom stereocenters. The van der Waals surface area contributed by atoms with Crippen LogP contribution < -0.4 is 10.2 Å². The van der Waals surface area contributed by atoms with Crippen LogP contribution in [0.15, 0.2) is 48.5 Å². The summed E-state index contributed by atoms with van der Waals surface area (Å²) in [5, 5.41) is 24.2. The van der Waals surface area contributed by atoms with Crippen LogP contribution in [0.1, 0.15) is 18.1 Å². The number of hydrogen-bond donors (Lipinski definition) is 2. The van der Waals surface area contributed by atoms with Crippen molar-refractivity contribution in [1.82, 2.24) is 0 Å². The van der Waals surface area contributed by atoms with Gasteiger partial charge < -0.3 is 15.3 Å². The molecule has 1 aliphatic rings. The van der Waals surface area contributed by atoms with Gasteiger partial charge in [-0.05, 0) is 17.7 Å². The third-order valence-corrected chi connectivity index (χ3v) is 3.99. The van der Waals surface area contributed by atoms with E-state index >= 15 is 0 Å². The number of anilines is 2. The van der Waals surface area contributed by atoms with Crippen molar-refractivity contribution in [3.63, 3.8) is 0 Å². The number of para-hydroxylation sites is 2. The van der Waals surface area contributed by atoms with Gasteiger partial charge in [-0.25, -0.2) is 0 Å². The number of nitro benzene ring substituents is 1. The SMILES string of the molecule is O=C1CCN(CC(O)c2cccc([N+](=O)[O-])c2)c2ccccc2N1. The van der Waals surface area contributed by atoms with Crippen molar-refractivity contribution in [2.45, 2.75) is 12.5 Å². The Bertz CT molecular complexity index is 778. The molecule has 2 N–H and O–H groups in total. The van der Waals surface area contributed by atoms with Crippen LogP contribution >= 0.6 is 0 Å². The molecule has 24 heavy (non-hydrogen) atoms. The van der Waals surface area contributed by atoms with Crippen molar-refractivity contribution in [3.8, 4) is 0 Å². The van der Waals surface area contributed by atoms with Crippen LogP contribution in [0.3, 0.4) is 0 Å². The van der Waals surface area contributed by atoms with Crippen LogP contribution in [0.25, 0.3) is 0 Å². The fourth-order valence-electron chi connectivity index (χ4n) is 2.77. The summed E-state index contributed by atoms with van der Waals surface area (Å²) in [5.41, 5.74) is 1.95. The summed E-state index contributed by atoms with van der Waals surface area (Å²) in [5.74, 6) is -0.0743. The first kappa shape index (κ1) is 15.9. The first-order valence-corrected chi connectivity index (χ1v) is 7.61. The van der Waals surface area contributed by atoms with E-state index in [0.717, 1.165) is 5.69 Å². The lowest BCUT2D eigenvalue weighted by molar-refractivity contribution is -0.385. The van der Waals surface area contributed by atoms with Gasteiger partial charge in [-0.1, -0.05) is 24.3 Å². The van der Waals surface area contributed by atoms with Crippen LogP contribution in [0, 0.1) is 10.1 Å². The van der Waals surface area contributed by atoms with E-state index in [1.54, 1.807) is 12.1 Å². The lowest BCUT2D eigenvalue weighted by atomic mass is 10.1. The molecule has 3 rings (SSSR count). The van der Waals surface area contributed by atoms with E-state index < -0.39 is 11.0 Å². The largest absolute Gasteiger partial charge is 0.387 e. The van der Waals surface area contributed by atoms with E-state index in [4.69, 9.17) is 0 Å². The summed E-state index contributed by atoms with van der Waals surface area (Å²) < 4.78 is 0. The molecule has 7 heteroatoms. The molecule has 2 aromatic carbocycles. The highest BCUT2D eigenvalue weighted by Crippen LogP contribution is 2.30. The molecule has 1 amide bonds. The van der Waals surface area contributed by atoms with E-state index in [1.807, 2.05) is 29.2 Å². The van der Waals surface area contributed by atoms with Crippen LogP contribution in [0.2, 0.25) is 0 Å². The van der Waals surface area contributed by atoms with Crippen LogP contribution in [0.4, 0.5) is 17.1 Å². The number of non-ortho nitro benzene ring substituents is 1. The zero-order valence-corrected chi connectivity index (χ0v) is 12.9. The lowest BCUT2D eigenvalue weighted by Gasteiger charge is -2.26. The number of nitrogens with zero attached hydrogens (tertiary/aromatic N) is 2. The van der Waals surface area contributed by atoms with Gasteiger partial charge in [-0.2, -0.15) is 0 Å². The Labute approximate surface area is 138 Å². The third-order valence-electron chi connectivity index (χ3n) is 3.99. The van der Waals surface area contributed by atoms with Crippen molar-refractivity contribution in [1.29, 1.82) is 0 Å². The minimum absolute atomic E-state index is 0.0559. The number of aliphatic hydroxyl groups excluding tert-OH is 1. The molecule has 1 atom stereocenters. The number of nitrogens with one attached hydrogen (secondary N) is 1. The van der Waals surface area contributed by atoms with Crippen molar-refractivity contribution in [2.24, 2.45) is 0 Å². The predicted octanol–water partition coefficient (Wildman–Crippen LogP) is 2.48. The first-order chi connectivity index (χ1) is 11.5. The first-order valence-electron chi connectivity index (χ1n) is 7.61. The topological polar surface area (TPSA) is 95.7 Å². The number of fused-ring (bicyclic) bond motifs is 1. The molecule has 7 nitrogen and oxygen atoms in total. The number of benzene rings is 2. The van der Waals surface area contributed by atoms with E-state index in [-0.39, 0.29) is 18.1 Å². The zero-order chi connectivity index (χ0) is 17.1. The highest BCUT2D eigenvalue weighted by molar-refractivity contribution is 5.96. The Morgan fingerprint density at radius 1 is 1.25 bits per heavy atom. The van der Waals surface area contributed by atoms with Gasteiger partial charge in [0.15, 0.2) is 0 Å². The van der Waals surface area contributed by atoms with E-state index in [9.17, 15) is 20.0 Å². The quantitative estimate of drug-likeness (QED) is 0.664. The molecule has 0 saturated carbocycles. The van der Waals surface area contributed by atoms with Gasteiger partial charge in [0.05, 0.1) is 22.4 Å². The van der Waals surface area contributed by atoms with Crippen molar-refractivity contribution < 1.29 is 14.8 Å². The highest BCUT2D eigenvalue weighted by Gasteiger charge is 2.22. The second kappa shape index (κ2) is 6.67. The monoisotopic (exact) mass is 327 g/mol. The second-order valence-corrected chi connectivity index (χ2v) is 5.63. The van der Waals surface area contributed by atoms with Gasteiger partial charge in [0.25, 0.3) is 5.69 Å². The molecule has 1 aliphatic heterocycles. The molecule has 1 heterocycles. The Balaban J connectivity index is 1.84. The molecule has 0 saturated heterocycles. The highest BCUT2D eigenvalue weighted by atomic mass is 16.6. The average molecular weight is 327 g/mol. The standard InChI is InChI=1S/C17H17N3O4/c21-16(12-4-3-5-13(10-12)20(23)24)11-19-9-8-17(22)18-14-6-1-2-7-15(14)19/h1-7,10,16,21H,8-9,11H2,(H,18,22). The summed E-state index contributed by atoms with van der Waals surface area (Å²) in [4.78, 5) is 24.1. The Morgan fingerprint density at radius 2 is 2.04 bits per heavy atom. The second-order valence-electron chi connectivity index (χ2n) is 5.63. The van der Waals surface area contributed by atoms with Crippen molar-refractivity contribution >= 4 is 23.0 Å². The summed E-state index contributed by atoms with van der Waals surface area (Å²) in [6.07, 6.45) is -0.581. The maximum Gasteiger partial charge on any atom is 0.269 e. The molecule has 0 aromatic heterocycles. The number of hydrogen-bond acceptors (Lipinski definition) is 5. The molecule has 124 valence electrons. The maximum atomic E-state index is 11.8. The fraction of sp³-hybridized carbons (Fsp3) is 0.235. The predicted molar refractivity (Wildman–Crippen MR) is 90.0 cm³/mol. The van der Waals surface area contributed by atoms with E-state index in [0.29, 0.717) is 24.2 Å². The average Bonchev–Trinajstić information content (AvgIpc) is 2.74. The summed E-state index contributed by atoms with van der Waals surface area (Å²) in [6.45, 7) is 0.710. The summed E-state index contributed by atoms with van der Waals surface area (Å²) >= 11 is 0. The number of aliphatic hydroxyl groups is 1. The van der Waals surface area contributed by atoms with Gasteiger partial charge in [0.2, 0.25) is 5.91 Å². The maximum absolute atomic E-state index is 11.8. The molecular formula is C17H17N3O4. The number of nitro groups is 1. The molecule has 0 radical (unpaired) electrons. The van der Waals surface area contributed by atoms with Gasteiger partial charge >= 0.3 is 0 Å². The number of rotatable bonds is 4. The normalized spacial score (nSPS) is 15.2. The Kier molecular flexibility index (Phi) is 4.43. The smallest absolute Gasteiger partial charge is 0.269 e. The van der Waals surface area contributed by atoms with E-state index in [1.165, 1.54) is 12.1 Å². The number of β-amino-alcohol motifs (C(OH)–C–C–N with tert-alkyl or cyclic N) is 1. The Morgan fingerprint density at radius 3 is 2.83 bits per heavy atom. The zero-order valence-electron chi connectivity index (χ0n) is 12.9. The number of amides is 1. The van der Waals surface area contributed by atoms with Crippen LogP contribution in [-0.2, 0) is 4.79 Å². The minimum atomic E-state index is -0.897. The van der Waals surface area contributed by atoms with Gasteiger partial charge in [0.1, 0.15) is 0 Å². The van der Waals surface area contributed by atoms with Crippen LogP contribution in [-0.4, -0.2) is 29.0 Å². The summed E-state index contributed by atoms with van der Waals surface area (Å²) in [7, 11) is 0. The fourth-order valence-corrected chi connectivity index (χ4v) is 2.77. The number of carbonyl (C=O) groups excluding carboxylic acids is 1. The molecule has 0 spiro atoms. The van der Waals surface area contributed by atoms with E-state index in [2.05, 4.69) is 5.32 Å². The summed E-state index contributed by atoms with van der Waals surface area (Å²) in [6, 6.07) is 13.4. The lowest BCUT2D eigenvalue weighted by Crippen LogP contribution is -2.29. The third kappa shape index (κ3) is 3.36. The molecule has 0 bridgehead atoms. The molecule has 0 fully saturated rings. The molecular weight excluding hydrogens is 310 g/mol. The minimum Gasteiger partial charge on any atom is -0.387 e.